The van der Waals surface area contributed by atoms with Gasteiger partial charge < -0.3 is 19.5 Å². The van der Waals surface area contributed by atoms with E-state index in [4.69, 9.17) is 8.83 Å². The molecule has 196 valence electrons. The third-order valence-electron chi connectivity index (χ3n) is 6.14. The molecule has 1 unspecified atom stereocenters. The molecular weight excluding hydrogens is 522 g/mol. The lowest BCUT2D eigenvalue weighted by Crippen LogP contribution is -2.19. The second kappa shape index (κ2) is 11.3. The van der Waals surface area contributed by atoms with E-state index in [0.29, 0.717) is 17.3 Å². The van der Waals surface area contributed by atoms with Crippen molar-refractivity contribution in [3.63, 3.8) is 0 Å². The number of rotatable bonds is 8. The number of para-hydroxylation sites is 2. The molecule has 0 aliphatic carbocycles. The predicted molar refractivity (Wildman–Crippen MR) is 156 cm³/mol. The predicted octanol–water partition coefficient (Wildman–Crippen LogP) is 7.81. The molecule has 6 rings (SSSR count). The summed E-state index contributed by atoms with van der Waals surface area (Å²) in [6, 6.07) is 35.3. The standard InChI is InChI=1S/C32H23N3O4S/c36-30(28-11-6-20-38-28)33-24-16-18-25(19-17-24)40-29(21-7-2-1-3-8-21)31(37)34-23-14-12-22(13-15-23)32-35-26-9-4-5-10-27(26)39-32/h1-20,29H,(H,33,36)(H,34,37). The van der Waals surface area contributed by atoms with E-state index in [0.717, 1.165) is 27.1 Å². The van der Waals surface area contributed by atoms with E-state index < -0.39 is 5.25 Å². The minimum atomic E-state index is -0.499. The second-order valence-electron chi connectivity index (χ2n) is 8.92. The van der Waals surface area contributed by atoms with Crippen molar-refractivity contribution < 1.29 is 18.4 Å². The molecule has 8 heteroatoms. The Morgan fingerprint density at radius 2 is 1.43 bits per heavy atom. The maximum absolute atomic E-state index is 13.5. The molecule has 0 spiro atoms. The summed E-state index contributed by atoms with van der Waals surface area (Å²) in [5.74, 6) is 0.289. The van der Waals surface area contributed by atoms with Crippen molar-refractivity contribution in [2.24, 2.45) is 0 Å². The normalized spacial score (nSPS) is 11.7. The molecule has 2 amide bonds. The molecule has 0 aliphatic rings. The van der Waals surface area contributed by atoms with Gasteiger partial charge in [-0.1, -0.05) is 42.5 Å². The number of benzene rings is 4. The molecule has 2 heterocycles. The van der Waals surface area contributed by atoms with Crippen molar-refractivity contribution in [3.8, 4) is 11.5 Å². The van der Waals surface area contributed by atoms with Gasteiger partial charge in [0.15, 0.2) is 11.3 Å². The lowest BCUT2D eigenvalue weighted by Gasteiger charge is -2.17. The zero-order valence-electron chi connectivity index (χ0n) is 21.1. The van der Waals surface area contributed by atoms with Gasteiger partial charge in [-0.3, -0.25) is 9.59 Å². The SMILES string of the molecule is O=C(Nc1ccc(SC(C(=O)Nc2ccc(-c3nc4ccccc4o3)cc2)c2ccccc2)cc1)c1ccco1. The fourth-order valence-corrected chi connectivity index (χ4v) is 5.18. The average molecular weight is 546 g/mol. The number of thioether (sulfide) groups is 1. The molecule has 0 saturated carbocycles. The summed E-state index contributed by atoms with van der Waals surface area (Å²) < 4.78 is 11.0. The number of anilines is 2. The Kier molecular flexibility index (Phi) is 7.15. The Labute approximate surface area is 234 Å². The van der Waals surface area contributed by atoms with Crippen LogP contribution in [0.3, 0.4) is 0 Å². The van der Waals surface area contributed by atoms with Crippen LogP contribution in [-0.4, -0.2) is 16.8 Å². The molecule has 0 radical (unpaired) electrons. The lowest BCUT2D eigenvalue weighted by atomic mass is 10.1. The van der Waals surface area contributed by atoms with Crippen LogP contribution in [0.4, 0.5) is 11.4 Å². The maximum Gasteiger partial charge on any atom is 0.291 e. The highest BCUT2D eigenvalue weighted by Crippen LogP contribution is 2.37. The number of nitrogens with one attached hydrogen (secondary N) is 2. The Bertz CT molecular complexity index is 1710. The number of oxazole rings is 1. The van der Waals surface area contributed by atoms with Gasteiger partial charge in [-0.2, -0.15) is 0 Å². The number of nitrogens with zero attached hydrogens (tertiary/aromatic N) is 1. The van der Waals surface area contributed by atoms with E-state index >= 15 is 0 Å². The van der Waals surface area contributed by atoms with Crippen molar-refractivity contribution in [2.75, 3.05) is 10.6 Å². The van der Waals surface area contributed by atoms with Crippen LogP contribution in [0, 0.1) is 0 Å². The summed E-state index contributed by atoms with van der Waals surface area (Å²) in [7, 11) is 0. The van der Waals surface area contributed by atoms with E-state index in [1.54, 1.807) is 24.3 Å². The molecule has 0 saturated heterocycles. The van der Waals surface area contributed by atoms with Gasteiger partial charge in [0.2, 0.25) is 11.8 Å². The summed E-state index contributed by atoms with van der Waals surface area (Å²) in [5, 5.41) is 5.35. The molecule has 4 aromatic carbocycles. The van der Waals surface area contributed by atoms with Gasteiger partial charge in [0.25, 0.3) is 5.91 Å². The average Bonchev–Trinajstić information content (AvgIpc) is 3.68. The minimum Gasteiger partial charge on any atom is -0.459 e. The van der Waals surface area contributed by atoms with Gasteiger partial charge in [-0.15, -0.1) is 11.8 Å². The van der Waals surface area contributed by atoms with Crippen molar-refractivity contribution >= 4 is 46.1 Å². The number of furan rings is 1. The largest absolute Gasteiger partial charge is 0.459 e. The topological polar surface area (TPSA) is 97.4 Å². The molecule has 6 aromatic rings. The van der Waals surface area contributed by atoms with E-state index in [1.807, 2.05) is 91.0 Å². The van der Waals surface area contributed by atoms with Crippen molar-refractivity contribution in [2.45, 2.75) is 10.1 Å². The summed E-state index contributed by atoms with van der Waals surface area (Å²) in [5.41, 5.74) is 4.52. The number of amides is 2. The Hall–Kier alpha value is -5.08. The lowest BCUT2D eigenvalue weighted by molar-refractivity contribution is -0.115. The highest BCUT2D eigenvalue weighted by atomic mass is 32.2. The first-order chi connectivity index (χ1) is 19.6. The van der Waals surface area contributed by atoms with E-state index in [2.05, 4.69) is 15.6 Å². The maximum atomic E-state index is 13.5. The Morgan fingerprint density at radius 1 is 0.725 bits per heavy atom. The number of aromatic nitrogens is 1. The van der Waals surface area contributed by atoms with Crippen molar-refractivity contribution in [3.05, 3.63) is 133 Å². The van der Waals surface area contributed by atoms with Crippen LogP contribution in [0.2, 0.25) is 0 Å². The molecule has 40 heavy (non-hydrogen) atoms. The smallest absolute Gasteiger partial charge is 0.291 e. The Morgan fingerprint density at radius 3 is 2.15 bits per heavy atom. The molecule has 0 fully saturated rings. The van der Waals surface area contributed by atoms with Gasteiger partial charge in [0.1, 0.15) is 10.8 Å². The van der Waals surface area contributed by atoms with Crippen LogP contribution < -0.4 is 10.6 Å². The number of carbonyl (C=O) groups is 2. The van der Waals surface area contributed by atoms with Gasteiger partial charge in [-0.05, 0) is 78.4 Å². The van der Waals surface area contributed by atoms with E-state index in [-0.39, 0.29) is 17.6 Å². The van der Waals surface area contributed by atoms with Crippen LogP contribution in [0.15, 0.2) is 135 Å². The molecule has 7 nitrogen and oxygen atoms in total. The van der Waals surface area contributed by atoms with Gasteiger partial charge >= 0.3 is 0 Å². The third-order valence-corrected chi connectivity index (χ3v) is 7.41. The van der Waals surface area contributed by atoms with Crippen LogP contribution in [-0.2, 0) is 4.79 Å². The number of fused-ring (bicyclic) bond motifs is 1. The minimum absolute atomic E-state index is 0.152. The van der Waals surface area contributed by atoms with E-state index in [9.17, 15) is 9.59 Å². The van der Waals surface area contributed by atoms with Crippen molar-refractivity contribution in [1.82, 2.24) is 4.98 Å². The van der Waals surface area contributed by atoms with Gasteiger partial charge in [0, 0.05) is 21.8 Å². The highest BCUT2D eigenvalue weighted by Gasteiger charge is 2.22. The monoisotopic (exact) mass is 545 g/mol. The summed E-state index contributed by atoms with van der Waals surface area (Å²) in [4.78, 5) is 31.2. The zero-order valence-corrected chi connectivity index (χ0v) is 21.9. The molecule has 0 bridgehead atoms. The fraction of sp³-hybridized carbons (Fsp3) is 0.0312. The molecule has 2 aromatic heterocycles. The third kappa shape index (κ3) is 5.67. The van der Waals surface area contributed by atoms with E-state index in [1.165, 1.54) is 18.0 Å². The summed E-state index contributed by atoms with van der Waals surface area (Å²) in [6.07, 6.45) is 1.45. The van der Waals surface area contributed by atoms with Crippen LogP contribution in [0.1, 0.15) is 21.4 Å². The van der Waals surface area contributed by atoms with Crippen molar-refractivity contribution in [1.29, 1.82) is 0 Å². The molecule has 0 aliphatic heterocycles. The van der Waals surface area contributed by atoms with Crippen LogP contribution in [0.5, 0.6) is 0 Å². The molecular formula is C32H23N3O4S. The fourth-order valence-electron chi connectivity index (χ4n) is 4.15. The van der Waals surface area contributed by atoms with Crippen LogP contribution >= 0.6 is 11.8 Å². The first-order valence-electron chi connectivity index (χ1n) is 12.6. The first-order valence-corrected chi connectivity index (χ1v) is 13.4. The van der Waals surface area contributed by atoms with Crippen LogP contribution in [0.25, 0.3) is 22.6 Å². The number of hydrogen-bond acceptors (Lipinski definition) is 6. The number of hydrogen-bond donors (Lipinski definition) is 2. The quantitative estimate of drug-likeness (QED) is 0.189. The zero-order chi connectivity index (χ0) is 27.3. The highest BCUT2D eigenvalue weighted by molar-refractivity contribution is 8.00. The first kappa shape index (κ1) is 25.2. The summed E-state index contributed by atoms with van der Waals surface area (Å²) in [6.45, 7) is 0. The second-order valence-corrected chi connectivity index (χ2v) is 10.1. The van der Waals surface area contributed by atoms with Gasteiger partial charge in [-0.25, -0.2) is 4.98 Å². The van der Waals surface area contributed by atoms with Gasteiger partial charge in [0.05, 0.1) is 6.26 Å². The summed E-state index contributed by atoms with van der Waals surface area (Å²) >= 11 is 1.43. The molecule has 1 atom stereocenters. The Balaban J connectivity index is 1.16. The molecule has 2 N–H and O–H groups in total. The number of carbonyl (C=O) groups excluding carboxylic acids is 2.